The van der Waals surface area contributed by atoms with Crippen molar-refractivity contribution in [3.63, 3.8) is 0 Å². The Morgan fingerprint density at radius 3 is 2.38 bits per heavy atom. The second kappa shape index (κ2) is 11.9. The Balaban J connectivity index is 2.08. The molecule has 0 unspecified atom stereocenters. The van der Waals surface area contributed by atoms with Crippen LogP contribution in [-0.2, 0) is 16.1 Å². The van der Waals surface area contributed by atoms with Crippen molar-refractivity contribution in [1.29, 1.82) is 0 Å². The lowest BCUT2D eigenvalue weighted by molar-refractivity contribution is -0.140. The highest BCUT2D eigenvalue weighted by molar-refractivity contribution is 7.99. The maximum Gasteiger partial charge on any atom is 0.242 e. The van der Waals surface area contributed by atoms with Crippen LogP contribution in [0.1, 0.15) is 39.2 Å². The molecule has 2 atom stereocenters. The number of nitrogens with zero attached hydrogens (tertiary/aromatic N) is 1. The zero-order valence-corrected chi connectivity index (χ0v) is 18.8. The number of hydrogen-bond acceptors (Lipinski definition) is 3. The van der Waals surface area contributed by atoms with E-state index < -0.39 is 6.04 Å². The minimum absolute atomic E-state index is 0.0554. The van der Waals surface area contributed by atoms with Crippen LogP contribution in [0.5, 0.6) is 0 Å². The first-order valence-electron chi connectivity index (χ1n) is 9.93. The minimum atomic E-state index is -0.575. The molecule has 1 N–H and O–H groups in total. The molecule has 0 bridgehead atoms. The third-order valence-corrected chi connectivity index (χ3v) is 6.18. The van der Waals surface area contributed by atoms with E-state index in [-0.39, 0.29) is 17.9 Å². The van der Waals surface area contributed by atoms with E-state index in [1.165, 1.54) is 0 Å². The van der Waals surface area contributed by atoms with Gasteiger partial charge in [-0.3, -0.25) is 9.59 Å². The standard InChI is InChI=1S/C23H29ClN2O2S/c1-4-17(2)25-23(28)18(3)26(16-19-10-8-9-13-21(19)24)22(27)14-15-29-20-11-6-5-7-12-20/h5-13,17-18H,4,14-16H2,1-3H3,(H,25,28)/t17-,18+/m0/s1. The molecule has 2 aromatic carbocycles. The highest BCUT2D eigenvalue weighted by Crippen LogP contribution is 2.21. The number of carbonyl (C=O) groups is 2. The summed E-state index contributed by atoms with van der Waals surface area (Å²) in [6, 6.07) is 16.9. The van der Waals surface area contributed by atoms with Crippen LogP contribution in [0.25, 0.3) is 0 Å². The average Bonchev–Trinajstić information content (AvgIpc) is 2.73. The van der Waals surface area contributed by atoms with Crippen LogP contribution in [0, 0.1) is 0 Å². The van der Waals surface area contributed by atoms with Gasteiger partial charge < -0.3 is 10.2 Å². The fraction of sp³-hybridized carbons (Fsp3) is 0.391. The first-order valence-corrected chi connectivity index (χ1v) is 11.3. The lowest BCUT2D eigenvalue weighted by atomic mass is 10.1. The van der Waals surface area contributed by atoms with E-state index in [0.717, 1.165) is 16.9 Å². The van der Waals surface area contributed by atoms with Crippen molar-refractivity contribution < 1.29 is 9.59 Å². The molecule has 0 saturated heterocycles. The van der Waals surface area contributed by atoms with Crippen LogP contribution < -0.4 is 5.32 Å². The number of halogens is 1. The molecule has 2 aromatic rings. The smallest absolute Gasteiger partial charge is 0.242 e. The number of carbonyl (C=O) groups excluding carboxylic acids is 2. The maximum absolute atomic E-state index is 13.0. The topological polar surface area (TPSA) is 49.4 Å². The van der Waals surface area contributed by atoms with E-state index in [4.69, 9.17) is 11.6 Å². The summed E-state index contributed by atoms with van der Waals surface area (Å²) in [6.45, 7) is 6.06. The Bertz CT molecular complexity index is 800. The predicted octanol–water partition coefficient (Wildman–Crippen LogP) is 5.15. The molecule has 4 nitrogen and oxygen atoms in total. The second-order valence-electron chi connectivity index (χ2n) is 7.02. The molecule has 156 valence electrons. The summed E-state index contributed by atoms with van der Waals surface area (Å²) in [4.78, 5) is 28.5. The fourth-order valence-corrected chi connectivity index (χ4v) is 3.83. The molecule has 29 heavy (non-hydrogen) atoms. The monoisotopic (exact) mass is 432 g/mol. The molecule has 0 aromatic heterocycles. The SMILES string of the molecule is CC[C@H](C)NC(=O)[C@@H](C)N(Cc1ccccc1Cl)C(=O)CCSc1ccccc1. The van der Waals surface area contributed by atoms with Crippen molar-refractivity contribution in [2.45, 2.75) is 57.1 Å². The normalized spacial score (nSPS) is 12.8. The molecule has 6 heteroatoms. The number of rotatable bonds is 10. The predicted molar refractivity (Wildman–Crippen MR) is 121 cm³/mol. The molecule has 0 aliphatic rings. The first kappa shape index (κ1) is 23.3. The molecule has 0 radical (unpaired) electrons. The van der Waals surface area contributed by atoms with Gasteiger partial charge >= 0.3 is 0 Å². The third-order valence-electron chi connectivity index (χ3n) is 4.79. The minimum Gasteiger partial charge on any atom is -0.352 e. The van der Waals surface area contributed by atoms with Gasteiger partial charge in [0, 0.05) is 34.7 Å². The van der Waals surface area contributed by atoms with Crippen molar-refractivity contribution in [2.24, 2.45) is 0 Å². The molecular formula is C23H29ClN2O2S. The van der Waals surface area contributed by atoms with Crippen molar-refractivity contribution in [1.82, 2.24) is 10.2 Å². The molecule has 0 spiro atoms. The van der Waals surface area contributed by atoms with Crippen LogP contribution in [0.15, 0.2) is 59.5 Å². The first-order chi connectivity index (χ1) is 13.9. The number of amides is 2. The zero-order chi connectivity index (χ0) is 21.2. The number of benzene rings is 2. The summed E-state index contributed by atoms with van der Waals surface area (Å²) < 4.78 is 0. The van der Waals surface area contributed by atoms with Gasteiger partial charge in [-0.15, -0.1) is 11.8 Å². The molecular weight excluding hydrogens is 404 g/mol. The van der Waals surface area contributed by atoms with E-state index in [2.05, 4.69) is 5.32 Å². The summed E-state index contributed by atoms with van der Waals surface area (Å²) in [5, 5.41) is 3.57. The molecule has 0 heterocycles. The van der Waals surface area contributed by atoms with Crippen LogP contribution in [-0.4, -0.2) is 34.6 Å². The van der Waals surface area contributed by atoms with Crippen LogP contribution in [0.4, 0.5) is 0 Å². The van der Waals surface area contributed by atoms with Crippen molar-refractivity contribution in [2.75, 3.05) is 5.75 Å². The Hall–Kier alpha value is -1.98. The lowest BCUT2D eigenvalue weighted by Crippen LogP contribution is -2.49. The molecule has 0 aliphatic heterocycles. The van der Waals surface area contributed by atoms with Gasteiger partial charge in [-0.2, -0.15) is 0 Å². The zero-order valence-electron chi connectivity index (χ0n) is 17.2. The Kier molecular flexibility index (Phi) is 9.55. The van der Waals surface area contributed by atoms with E-state index in [9.17, 15) is 9.59 Å². The van der Waals surface area contributed by atoms with E-state index in [1.54, 1.807) is 29.7 Å². The summed E-state index contributed by atoms with van der Waals surface area (Å²) >= 11 is 7.94. The second-order valence-corrected chi connectivity index (χ2v) is 8.59. The summed E-state index contributed by atoms with van der Waals surface area (Å²) in [5.41, 5.74) is 0.835. The largest absolute Gasteiger partial charge is 0.352 e. The summed E-state index contributed by atoms with van der Waals surface area (Å²) in [6.07, 6.45) is 1.19. The number of thioether (sulfide) groups is 1. The molecule has 0 aliphatic carbocycles. The average molecular weight is 433 g/mol. The molecule has 2 amide bonds. The third kappa shape index (κ3) is 7.41. The van der Waals surface area contributed by atoms with Gasteiger partial charge in [-0.1, -0.05) is 54.9 Å². The van der Waals surface area contributed by atoms with Gasteiger partial charge in [0.25, 0.3) is 0 Å². The quantitative estimate of drug-likeness (QED) is 0.528. The lowest BCUT2D eigenvalue weighted by Gasteiger charge is -2.30. The fourth-order valence-electron chi connectivity index (χ4n) is 2.77. The van der Waals surface area contributed by atoms with Gasteiger partial charge in [0.1, 0.15) is 6.04 Å². The van der Waals surface area contributed by atoms with Gasteiger partial charge in [0.15, 0.2) is 0 Å². The van der Waals surface area contributed by atoms with Gasteiger partial charge in [0.2, 0.25) is 11.8 Å². The van der Waals surface area contributed by atoms with Crippen LogP contribution in [0.2, 0.25) is 5.02 Å². The van der Waals surface area contributed by atoms with E-state index in [0.29, 0.717) is 23.7 Å². The molecule has 0 fully saturated rings. The highest BCUT2D eigenvalue weighted by atomic mass is 35.5. The molecule has 0 saturated carbocycles. The summed E-state index contributed by atoms with van der Waals surface area (Å²) in [5.74, 6) is 0.456. The maximum atomic E-state index is 13.0. The van der Waals surface area contributed by atoms with Gasteiger partial charge in [0.05, 0.1) is 0 Å². The Morgan fingerprint density at radius 1 is 1.07 bits per heavy atom. The summed E-state index contributed by atoms with van der Waals surface area (Å²) in [7, 11) is 0. The van der Waals surface area contributed by atoms with Crippen LogP contribution in [0.3, 0.4) is 0 Å². The number of nitrogens with one attached hydrogen (secondary N) is 1. The van der Waals surface area contributed by atoms with Crippen LogP contribution >= 0.6 is 23.4 Å². The van der Waals surface area contributed by atoms with Crippen molar-refractivity contribution in [3.8, 4) is 0 Å². The van der Waals surface area contributed by atoms with Gasteiger partial charge in [-0.05, 0) is 44.0 Å². The van der Waals surface area contributed by atoms with Crippen molar-refractivity contribution >= 4 is 35.2 Å². The van der Waals surface area contributed by atoms with E-state index in [1.807, 2.05) is 62.4 Å². The van der Waals surface area contributed by atoms with Gasteiger partial charge in [-0.25, -0.2) is 0 Å². The Morgan fingerprint density at radius 2 is 1.72 bits per heavy atom. The van der Waals surface area contributed by atoms with Crippen molar-refractivity contribution in [3.05, 3.63) is 65.2 Å². The molecule has 2 rings (SSSR count). The van der Waals surface area contributed by atoms with E-state index >= 15 is 0 Å². The number of hydrogen-bond donors (Lipinski definition) is 1. The Labute approximate surface area is 183 Å². The highest BCUT2D eigenvalue weighted by Gasteiger charge is 2.27.